The summed E-state index contributed by atoms with van der Waals surface area (Å²) in [5.41, 5.74) is 2.98. The Balaban J connectivity index is 1.85. The Bertz CT molecular complexity index is 772. The maximum Gasteiger partial charge on any atom is 0.257 e. The summed E-state index contributed by atoms with van der Waals surface area (Å²) in [6, 6.07) is 10.9. The van der Waals surface area contributed by atoms with E-state index in [1.54, 1.807) is 24.2 Å². The fraction of sp³-hybridized carbons (Fsp3) is 0.316. The number of hydrogen-bond acceptors (Lipinski definition) is 4. The molecule has 1 N–H and O–H groups in total. The lowest BCUT2D eigenvalue weighted by Gasteiger charge is -2.38. The van der Waals surface area contributed by atoms with Crippen molar-refractivity contribution in [2.45, 2.75) is 26.0 Å². The summed E-state index contributed by atoms with van der Waals surface area (Å²) in [5, 5.41) is 2.77. The molecule has 0 radical (unpaired) electrons. The normalized spacial score (nSPS) is 20.4. The molecule has 2 aromatic rings. The molecule has 1 saturated heterocycles. The minimum absolute atomic E-state index is 0.113. The first-order valence-corrected chi connectivity index (χ1v) is 8.13. The number of anilines is 1. The molecule has 0 saturated carbocycles. The molecule has 1 aromatic carbocycles. The number of nitrogens with one attached hydrogen (secondary N) is 1. The van der Waals surface area contributed by atoms with Crippen LogP contribution >= 0.6 is 0 Å². The summed E-state index contributed by atoms with van der Waals surface area (Å²) in [6.45, 7) is 3.80. The molecule has 1 aliphatic rings. The molecule has 2 heterocycles. The van der Waals surface area contributed by atoms with Crippen molar-refractivity contribution in [2.24, 2.45) is 0 Å². The SMILES string of the molecule is Cc1ccc([C@@H]2[C@H](C(=O)Nc3ccc(C)cn3)OCC(=O)N2C)cc1. The van der Waals surface area contributed by atoms with E-state index in [2.05, 4.69) is 10.3 Å². The van der Waals surface area contributed by atoms with Gasteiger partial charge in [0.05, 0.1) is 6.04 Å². The zero-order valence-electron chi connectivity index (χ0n) is 14.5. The summed E-state index contributed by atoms with van der Waals surface area (Å²) >= 11 is 0. The molecule has 25 heavy (non-hydrogen) atoms. The number of hydrogen-bond donors (Lipinski definition) is 1. The van der Waals surface area contributed by atoms with E-state index in [9.17, 15) is 9.59 Å². The van der Waals surface area contributed by atoms with Gasteiger partial charge in [-0.2, -0.15) is 0 Å². The van der Waals surface area contributed by atoms with Crippen LogP contribution in [0.5, 0.6) is 0 Å². The summed E-state index contributed by atoms with van der Waals surface area (Å²) < 4.78 is 5.58. The number of amides is 2. The van der Waals surface area contributed by atoms with Crippen molar-refractivity contribution >= 4 is 17.6 Å². The fourth-order valence-electron chi connectivity index (χ4n) is 2.83. The Morgan fingerprint density at radius 3 is 2.48 bits per heavy atom. The number of carbonyl (C=O) groups is 2. The minimum Gasteiger partial charge on any atom is -0.356 e. The average Bonchev–Trinajstić information content (AvgIpc) is 2.60. The second-order valence-corrected chi connectivity index (χ2v) is 6.30. The van der Waals surface area contributed by atoms with Gasteiger partial charge in [-0.05, 0) is 31.0 Å². The Morgan fingerprint density at radius 1 is 1.16 bits per heavy atom. The molecule has 0 unspecified atom stereocenters. The third kappa shape index (κ3) is 3.69. The fourth-order valence-corrected chi connectivity index (χ4v) is 2.83. The van der Waals surface area contributed by atoms with Gasteiger partial charge < -0.3 is 15.0 Å². The van der Waals surface area contributed by atoms with E-state index in [1.165, 1.54) is 0 Å². The number of morpholine rings is 1. The van der Waals surface area contributed by atoms with Crippen molar-refractivity contribution in [2.75, 3.05) is 19.0 Å². The molecule has 3 rings (SSSR count). The molecule has 0 bridgehead atoms. The highest BCUT2D eigenvalue weighted by Crippen LogP contribution is 2.30. The van der Waals surface area contributed by atoms with Crippen LogP contribution in [0.15, 0.2) is 42.6 Å². The molecular weight excluding hydrogens is 318 g/mol. The number of ether oxygens (including phenoxy) is 1. The Labute approximate surface area is 146 Å². The summed E-state index contributed by atoms with van der Waals surface area (Å²) in [7, 11) is 1.69. The van der Waals surface area contributed by atoms with Crippen LogP contribution in [0.25, 0.3) is 0 Å². The largest absolute Gasteiger partial charge is 0.356 e. The van der Waals surface area contributed by atoms with Gasteiger partial charge in [-0.15, -0.1) is 0 Å². The lowest BCUT2D eigenvalue weighted by Crippen LogP contribution is -2.51. The Morgan fingerprint density at radius 2 is 1.84 bits per heavy atom. The predicted octanol–water partition coefficient (Wildman–Crippen LogP) is 2.24. The minimum atomic E-state index is -0.798. The van der Waals surface area contributed by atoms with Gasteiger partial charge in [-0.25, -0.2) is 4.98 Å². The molecule has 0 aliphatic carbocycles. The highest BCUT2D eigenvalue weighted by atomic mass is 16.5. The number of carbonyl (C=O) groups excluding carboxylic acids is 2. The smallest absolute Gasteiger partial charge is 0.257 e. The van der Waals surface area contributed by atoms with E-state index in [1.807, 2.05) is 44.2 Å². The van der Waals surface area contributed by atoms with E-state index in [0.29, 0.717) is 5.82 Å². The number of likely N-dealkylation sites (N-methyl/N-ethyl adjacent to an activating group) is 1. The van der Waals surface area contributed by atoms with Gasteiger partial charge in [0.15, 0.2) is 6.10 Å². The van der Waals surface area contributed by atoms with Crippen LogP contribution in [0.2, 0.25) is 0 Å². The lowest BCUT2D eigenvalue weighted by molar-refractivity contribution is -0.160. The second kappa shape index (κ2) is 7.03. The molecule has 1 aromatic heterocycles. The standard InChI is InChI=1S/C19H21N3O3/c1-12-4-7-14(8-5-12)17-18(25-11-16(23)22(17)3)19(24)21-15-9-6-13(2)10-20-15/h4-10,17-18H,11H2,1-3H3,(H,20,21,24)/t17-,18-/m1/s1. The number of pyridine rings is 1. The Kier molecular flexibility index (Phi) is 4.81. The maximum absolute atomic E-state index is 12.7. The number of aryl methyl sites for hydroxylation is 2. The van der Waals surface area contributed by atoms with Gasteiger partial charge in [-0.3, -0.25) is 9.59 Å². The molecule has 6 heteroatoms. The Hall–Kier alpha value is -2.73. The van der Waals surface area contributed by atoms with Crippen molar-refractivity contribution in [1.29, 1.82) is 0 Å². The maximum atomic E-state index is 12.7. The van der Waals surface area contributed by atoms with Gasteiger partial charge in [0.25, 0.3) is 5.91 Å². The first-order valence-electron chi connectivity index (χ1n) is 8.13. The van der Waals surface area contributed by atoms with Crippen molar-refractivity contribution < 1.29 is 14.3 Å². The quantitative estimate of drug-likeness (QED) is 0.931. The van der Waals surface area contributed by atoms with Crippen molar-refractivity contribution in [3.8, 4) is 0 Å². The van der Waals surface area contributed by atoms with Gasteiger partial charge in [-0.1, -0.05) is 35.9 Å². The number of rotatable bonds is 3. The number of benzene rings is 1. The molecule has 1 fully saturated rings. The van der Waals surface area contributed by atoms with Crippen molar-refractivity contribution in [3.63, 3.8) is 0 Å². The predicted molar refractivity (Wildman–Crippen MR) is 94.0 cm³/mol. The molecule has 6 nitrogen and oxygen atoms in total. The van der Waals surface area contributed by atoms with Crippen LogP contribution in [-0.4, -0.2) is 41.5 Å². The zero-order valence-corrected chi connectivity index (χ0v) is 14.5. The number of aromatic nitrogens is 1. The zero-order chi connectivity index (χ0) is 18.0. The molecule has 0 spiro atoms. The first kappa shape index (κ1) is 17.1. The average molecular weight is 339 g/mol. The van der Waals surface area contributed by atoms with Gasteiger partial charge in [0.1, 0.15) is 12.4 Å². The molecule has 2 atom stereocenters. The van der Waals surface area contributed by atoms with E-state index < -0.39 is 12.1 Å². The third-order valence-corrected chi connectivity index (χ3v) is 4.32. The van der Waals surface area contributed by atoms with Crippen LogP contribution in [0.3, 0.4) is 0 Å². The second-order valence-electron chi connectivity index (χ2n) is 6.30. The van der Waals surface area contributed by atoms with Gasteiger partial charge in [0, 0.05) is 13.2 Å². The first-order chi connectivity index (χ1) is 12.0. The lowest BCUT2D eigenvalue weighted by atomic mass is 9.97. The van der Waals surface area contributed by atoms with Crippen molar-refractivity contribution in [1.82, 2.24) is 9.88 Å². The van der Waals surface area contributed by atoms with E-state index in [4.69, 9.17) is 4.74 Å². The van der Waals surface area contributed by atoms with Crippen LogP contribution in [0.1, 0.15) is 22.7 Å². The highest BCUT2D eigenvalue weighted by molar-refractivity contribution is 5.95. The monoisotopic (exact) mass is 339 g/mol. The molecule has 1 aliphatic heterocycles. The summed E-state index contributed by atoms with van der Waals surface area (Å²) in [6.07, 6.45) is 0.887. The van der Waals surface area contributed by atoms with Gasteiger partial charge in [0.2, 0.25) is 5.91 Å². The summed E-state index contributed by atoms with van der Waals surface area (Å²) in [5.74, 6) is -0.00854. The third-order valence-electron chi connectivity index (χ3n) is 4.32. The van der Waals surface area contributed by atoms with Crippen LogP contribution in [-0.2, 0) is 14.3 Å². The highest BCUT2D eigenvalue weighted by Gasteiger charge is 2.40. The molecule has 2 amide bonds. The van der Waals surface area contributed by atoms with Crippen molar-refractivity contribution in [3.05, 3.63) is 59.3 Å². The van der Waals surface area contributed by atoms with Crippen LogP contribution < -0.4 is 5.32 Å². The number of nitrogens with zero attached hydrogens (tertiary/aromatic N) is 2. The topological polar surface area (TPSA) is 71.5 Å². The molecule has 130 valence electrons. The summed E-state index contributed by atoms with van der Waals surface area (Å²) in [4.78, 5) is 30.6. The van der Waals surface area contributed by atoms with E-state index in [-0.39, 0.29) is 18.4 Å². The van der Waals surface area contributed by atoms with Crippen LogP contribution in [0, 0.1) is 13.8 Å². The van der Waals surface area contributed by atoms with E-state index >= 15 is 0 Å². The molecular formula is C19H21N3O3. The van der Waals surface area contributed by atoms with Crippen LogP contribution in [0.4, 0.5) is 5.82 Å². The van der Waals surface area contributed by atoms with E-state index in [0.717, 1.165) is 16.7 Å². The van der Waals surface area contributed by atoms with Gasteiger partial charge >= 0.3 is 0 Å².